The van der Waals surface area contributed by atoms with Gasteiger partial charge < -0.3 is 0 Å². The summed E-state index contributed by atoms with van der Waals surface area (Å²) in [5.74, 6) is -0.380. The number of rotatable bonds is 5. The second kappa shape index (κ2) is 6.61. The molecule has 0 aliphatic carbocycles. The SMILES string of the molecule is O=C1c2ccccc2C(=O)N1CCCc1nc(-c2ccccc2)cs1. The first-order valence-corrected chi connectivity index (χ1v) is 9.07. The van der Waals surface area contributed by atoms with E-state index >= 15 is 0 Å². The van der Waals surface area contributed by atoms with Crippen LogP contribution in [0.25, 0.3) is 11.3 Å². The molecular formula is C20H16N2O2S. The Morgan fingerprint density at radius 1 is 0.880 bits per heavy atom. The molecule has 0 N–H and O–H groups in total. The van der Waals surface area contributed by atoms with E-state index < -0.39 is 0 Å². The van der Waals surface area contributed by atoms with Crippen molar-refractivity contribution in [3.8, 4) is 11.3 Å². The van der Waals surface area contributed by atoms with Gasteiger partial charge in [-0.3, -0.25) is 14.5 Å². The van der Waals surface area contributed by atoms with Crippen molar-refractivity contribution in [3.63, 3.8) is 0 Å². The highest BCUT2D eigenvalue weighted by Crippen LogP contribution is 2.24. The summed E-state index contributed by atoms with van der Waals surface area (Å²) < 4.78 is 0. The molecule has 0 unspecified atom stereocenters. The van der Waals surface area contributed by atoms with Crippen LogP contribution in [-0.4, -0.2) is 28.2 Å². The Hall–Kier alpha value is -2.79. The lowest BCUT2D eigenvalue weighted by molar-refractivity contribution is 0.0652. The molecule has 1 aliphatic heterocycles. The third-order valence-corrected chi connectivity index (χ3v) is 5.18. The topological polar surface area (TPSA) is 50.3 Å². The van der Waals surface area contributed by atoms with Crippen LogP contribution in [0.5, 0.6) is 0 Å². The van der Waals surface area contributed by atoms with Crippen LogP contribution in [0.15, 0.2) is 60.0 Å². The number of carbonyl (C=O) groups is 2. The molecule has 2 heterocycles. The van der Waals surface area contributed by atoms with Crippen LogP contribution in [0.4, 0.5) is 0 Å². The molecule has 0 spiro atoms. The molecule has 5 heteroatoms. The second-order valence-electron chi connectivity index (χ2n) is 5.90. The van der Waals surface area contributed by atoms with E-state index in [0.717, 1.165) is 22.7 Å². The Morgan fingerprint density at radius 3 is 2.20 bits per heavy atom. The zero-order valence-electron chi connectivity index (χ0n) is 13.5. The zero-order valence-corrected chi connectivity index (χ0v) is 14.3. The Kier molecular flexibility index (Phi) is 4.15. The molecule has 0 saturated heterocycles. The van der Waals surface area contributed by atoms with Crippen LogP contribution in [0, 0.1) is 0 Å². The Morgan fingerprint density at radius 2 is 1.52 bits per heavy atom. The van der Waals surface area contributed by atoms with Crippen LogP contribution < -0.4 is 0 Å². The van der Waals surface area contributed by atoms with E-state index in [1.54, 1.807) is 35.6 Å². The third-order valence-electron chi connectivity index (χ3n) is 4.27. The predicted octanol–water partition coefficient (Wildman–Crippen LogP) is 4.04. The summed E-state index contributed by atoms with van der Waals surface area (Å²) in [5, 5.41) is 3.07. The Labute approximate surface area is 149 Å². The minimum absolute atomic E-state index is 0.190. The maximum atomic E-state index is 12.3. The highest BCUT2D eigenvalue weighted by Gasteiger charge is 2.34. The van der Waals surface area contributed by atoms with Crippen molar-refractivity contribution in [3.05, 3.63) is 76.1 Å². The molecule has 0 fully saturated rings. The van der Waals surface area contributed by atoms with Gasteiger partial charge in [-0.2, -0.15) is 0 Å². The first-order valence-electron chi connectivity index (χ1n) is 8.19. The molecule has 0 saturated carbocycles. The van der Waals surface area contributed by atoms with Gasteiger partial charge >= 0.3 is 0 Å². The summed E-state index contributed by atoms with van der Waals surface area (Å²) in [6.45, 7) is 0.423. The molecule has 4 nitrogen and oxygen atoms in total. The highest BCUT2D eigenvalue weighted by atomic mass is 32.1. The molecule has 2 aromatic carbocycles. The van der Waals surface area contributed by atoms with Crippen molar-refractivity contribution in [2.24, 2.45) is 0 Å². The molecule has 0 radical (unpaired) electrons. The normalized spacial score (nSPS) is 13.4. The quantitative estimate of drug-likeness (QED) is 0.654. The lowest BCUT2D eigenvalue weighted by Gasteiger charge is -2.12. The minimum Gasteiger partial charge on any atom is -0.274 e. The van der Waals surface area contributed by atoms with E-state index in [9.17, 15) is 9.59 Å². The van der Waals surface area contributed by atoms with Crippen molar-refractivity contribution in [2.45, 2.75) is 12.8 Å². The molecule has 1 aromatic heterocycles. The fraction of sp³-hybridized carbons (Fsp3) is 0.150. The fourth-order valence-corrected chi connectivity index (χ4v) is 3.85. The number of hydrogen-bond donors (Lipinski definition) is 0. The molecule has 2 amide bonds. The minimum atomic E-state index is -0.190. The molecule has 3 aromatic rings. The van der Waals surface area contributed by atoms with Crippen molar-refractivity contribution >= 4 is 23.2 Å². The van der Waals surface area contributed by atoms with Crippen molar-refractivity contribution < 1.29 is 9.59 Å². The first kappa shape index (κ1) is 15.7. The smallest absolute Gasteiger partial charge is 0.261 e. The standard InChI is InChI=1S/C20H16N2O2S/c23-19-15-9-4-5-10-16(15)20(24)22(19)12-6-11-18-21-17(13-25-18)14-7-2-1-3-8-14/h1-5,7-10,13H,6,11-12H2. The van der Waals surface area contributed by atoms with Gasteiger partial charge in [0.1, 0.15) is 0 Å². The summed E-state index contributed by atoms with van der Waals surface area (Å²) in [6, 6.07) is 17.1. The monoisotopic (exact) mass is 348 g/mol. The molecule has 1 aliphatic rings. The summed E-state index contributed by atoms with van der Waals surface area (Å²) in [6.07, 6.45) is 1.47. The Balaban J connectivity index is 1.39. The molecule has 25 heavy (non-hydrogen) atoms. The maximum absolute atomic E-state index is 12.3. The number of hydrogen-bond acceptors (Lipinski definition) is 4. The van der Waals surface area contributed by atoms with Crippen LogP contribution in [-0.2, 0) is 6.42 Å². The first-order chi connectivity index (χ1) is 12.2. The van der Waals surface area contributed by atoms with Gasteiger partial charge in [0.25, 0.3) is 11.8 Å². The van der Waals surface area contributed by atoms with Crippen molar-refractivity contribution in [1.29, 1.82) is 0 Å². The number of fused-ring (bicyclic) bond motifs is 1. The lowest BCUT2D eigenvalue weighted by Crippen LogP contribution is -2.30. The number of benzene rings is 2. The zero-order chi connectivity index (χ0) is 17.2. The molecular weight excluding hydrogens is 332 g/mol. The largest absolute Gasteiger partial charge is 0.274 e. The molecule has 124 valence electrons. The van der Waals surface area contributed by atoms with E-state index in [4.69, 9.17) is 0 Å². The van der Waals surface area contributed by atoms with E-state index in [0.29, 0.717) is 24.1 Å². The average Bonchev–Trinajstić information content (AvgIpc) is 3.22. The fourth-order valence-electron chi connectivity index (χ4n) is 3.00. The van der Waals surface area contributed by atoms with E-state index in [1.165, 1.54) is 4.90 Å². The second-order valence-corrected chi connectivity index (χ2v) is 6.85. The number of aromatic nitrogens is 1. The molecule has 4 rings (SSSR count). The number of amides is 2. The van der Waals surface area contributed by atoms with Gasteiger partial charge in [0.2, 0.25) is 0 Å². The number of nitrogens with zero attached hydrogens (tertiary/aromatic N) is 2. The van der Waals surface area contributed by atoms with E-state index in [1.807, 2.05) is 35.7 Å². The summed E-state index contributed by atoms with van der Waals surface area (Å²) in [5.41, 5.74) is 3.09. The van der Waals surface area contributed by atoms with Gasteiger partial charge in [-0.05, 0) is 18.6 Å². The number of carbonyl (C=O) groups excluding carboxylic acids is 2. The summed E-state index contributed by atoms with van der Waals surface area (Å²) in [7, 11) is 0. The van der Waals surface area contributed by atoms with Gasteiger partial charge in [0, 0.05) is 23.9 Å². The molecule has 0 bridgehead atoms. The van der Waals surface area contributed by atoms with Gasteiger partial charge in [-0.25, -0.2) is 4.98 Å². The number of thiazole rings is 1. The third kappa shape index (κ3) is 2.98. The molecule has 0 atom stereocenters. The van der Waals surface area contributed by atoms with E-state index in [-0.39, 0.29) is 11.8 Å². The van der Waals surface area contributed by atoms with Crippen molar-refractivity contribution in [2.75, 3.05) is 6.54 Å². The van der Waals surface area contributed by atoms with Crippen LogP contribution in [0.2, 0.25) is 0 Å². The van der Waals surface area contributed by atoms with Gasteiger partial charge in [0.15, 0.2) is 0 Å². The average molecular weight is 348 g/mol. The maximum Gasteiger partial charge on any atom is 0.261 e. The number of imide groups is 1. The number of aryl methyl sites for hydroxylation is 1. The van der Waals surface area contributed by atoms with Crippen LogP contribution in [0.1, 0.15) is 32.1 Å². The predicted molar refractivity (Wildman–Crippen MR) is 97.7 cm³/mol. The van der Waals surface area contributed by atoms with Crippen LogP contribution in [0.3, 0.4) is 0 Å². The van der Waals surface area contributed by atoms with Gasteiger partial charge in [0.05, 0.1) is 21.8 Å². The van der Waals surface area contributed by atoms with Crippen molar-refractivity contribution in [1.82, 2.24) is 9.88 Å². The lowest BCUT2D eigenvalue weighted by atomic mass is 10.1. The van der Waals surface area contributed by atoms with Gasteiger partial charge in [-0.15, -0.1) is 11.3 Å². The summed E-state index contributed by atoms with van der Waals surface area (Å²) >= 11 is 1.62. The van der Waals surface area contributed by atoms with E-state index in [2.05, 4.69) is 4.98 Å². The van der Waals surface area contributed by atoms with Crippen LogP contribution >= 0.6 is 11.3 Å². The highest BCUT2D eigenvalue weighted by molar-refractivity contribution is 7.09. The van der Waals surface area contributed by atoms with Gasteiger partial charge in [-0.1, -0.05) is 42.5 Å². The Bertz CT molecular complexity index is 899. The summed E-state index contributed by atoms with van der Waals surface area (Å²) in [4.78, 5) is 30.7.